The number of carbonyl (C=O) groups excluding carboxylic acids is 1. The topological polar surface area (TPSA) is 76.8 Å². The van der Waals surface area contributed by atoms with Gasteiger partial charge in [-0.1, -0.05) is 12.1 Å². The first-order chi connectivity index (χ1) is 11.3. The van der Waals surface area contributed by atoms with Gasteiger partial charge in [0.25, 0.3) is 0 Å². The summed E-state index contributed by atoms with van der Waals surface area (Å²) in [4.78, 5) is 14.2. The SMILES string of the molecule is COc1ccc([C@@H](CN)N2CC[C@H](NC(=O)OC(C)(C)C)C2)cc1. The molecular weight excluding hydrogens is 306 g/mol. The molecule has 1 aromatic rings. The van der Waals surface area contributed by atoms with Crippen molar-refractivity contribution in [2.45, 2.75) is 44.9 Å². The van der Waals surface area contributed by atoms with Crippen molar-refractivity contribution in [1.82, 2.24) is 10.2 Å². The summed E-state index contributed by atoms with van der Waals surface area (Å²) in [5.74, 6) is 0.834. The summed E-state index contributed by atoms with van der Waals surface area (Å²) in [6.45, 7) is 7.79. The summed E-state index contributed by atoms with van der Waals surface area (Å²) in [7, 11) is 1.66. The zero-order chi connectivity index (χ0) is 17.7. The number of alkyl carbamates (subject to hydrolysis) is 1. The van der Waals surface area contributed by atoms with Gasteiger partial charge in [0.15, 0.2) is 0 Å². The number of nitrogens with two attached hydrogens (primary N) is 1. The molecule has 24 heavy (non-hydrogen) atoms. The van der Waals surface area contributed by atoms with Crippen LogP contribution in [0.25, 0.3) is 0 Å². The van der Waals surface area contributed by atoms with Crippen LogP contribution in [-0.4, -0.2) is 49.4 Å². The van der Waals surface area contributed by atoms with Gasteiger partial charge in [0.2, 0.25) is 0 Å². The maximum atomic E-state index is 11.9. The Balaban J connectivity index is 1.93. The van der Waals surface area contributed by atoms with Gasteiger partial charge in [-0.3, -0.25) is 4.90 Å². The van der Waals surface area contributed by atoms with Crippen molar-refractivity contribution in [3.8, 4) is 5.75 Å². The van der Waals surface area contributed by atoms with Crippen LogP contribution in [0.3, 0.4) is 0 Å². The normalized spacial score (nSPS) is 19.8. The van der Waals surface area contributed by atoms with Crippen LogP contribution in [0.2, 0.25) is 0 Å². The van der Waals surface area contributed by atoms with E-state index in [4.69, 9.17) is 15.2 Å². The lowest BCUT2D eigenvalue weighted by Gasteiger charge is -2.27. The zero-order valence-corrected chi connectivity index (χ0v) is 15.0. The summed E-state index contributed by atoms with van der Waals surface area (Å²) in [6.07, 6.45) is 0.536. The molecule has 1 heterocycles. The third-order valence-corrected chi connectivity index (χ3v) is 4.11. The van der Waals surface area contributed by atoms with E-state index in [1.165, 1.54) is 0 Å². The van der Waals surface area contributed by atoms with Crippen molar-refractivity contribution in [1.29, 1.82) is 0 Å². The van der Waals surface area contributed by atoms with Gasteiger partial charge in [0, 0.05) is 31.7 Å². The smallest absolute Gasteiger partial charge is 0.407 e. The molecule has 1 saturated heterocycles. The van der Waals surface area contributed by atoms with Crippen LogP contribution in [0.15, 0.2) is 24.3 Å². The Kier molecular flexibility index (Phi) is 6.07. The molecule has 1 aliphatic heterocycles. The van der Waals surface area contributed by atoms with Crippen molar-refractivity contribution >= 4 is 6.09 Å². The van der Waals surface area contributed by atoms with Crippen LogP contribution >= 0.6 is 0 Å². The lowest BCUT2D eigenvalue weighted by Crippen LogP contribution is -2.41. The Morgan fingerprint density at radius 3 is 2.58 bits per heavy atom. The number of likely N-dealkylation sites (tertiary alicyclic amines) is 1. The van der Waals surface area contributed by atoms with Crippen LogP contribution < -0.4 is 15.8 Å². The Morgan fingerprint density at radius 1 is 1.38 bits per heavy atom. The van der Waals surface area contributed by atoms with Gasteiger partial charge in [0.05, 0.1) is 7.11 Å². The number of methoxy groups -OCH3 is 1. The zero-order valence-electron chi connectivity index (χ0n) is 15.0. The molecule has 0 radical (unpaired) electrons. The largest absolute Gasteiger partial charge is 0.497 e. The second kappa shape index (κ2) is 7.85. The van der Waals surface area contributed by atoms with Crippen molar-refractivity contribution in [2.75, 3.05) is 26.7 Å². The number of nitrogens with one attached hydrogen (secondary N) is 1. The highest BCUT2D eigenvalue weighted by molar-refractivity contribution is 5.68. The molecule has 3 N–H and O–H groups in total. The fourth-order valence-electron chi connectivity index (χ4n) is 2.98. The van der Waals surface area contributed by atoms with Gasteiger partial charge >= 0.3 is 6.09 Å². The first-order valence-corrected chi connectivity index (χ1v) is 8.40. The molecule has 1 aliphatic rings. The Hall–Kier alpha value is -1.79. The first kappa shape index (κ1) is 18.5. The van der Waals surface area contributed by atoms with E-state index in [-0.39, 0.29) is 18.2 Å². The maximum Gasteiger partial charge on any atom is 0.407 e. The number of rotatable bonds is 5. The minimum Gasteiger partial charge on any atom is -0.497 e. The summed E-state index contributed by atoms with van der Waals surface area (Å²) < 4.78 is 10.5. The van der Waals surface area contributed by atoms with Crippen molar-refractivity contribution in [3.05, 3.63) is 29.8 Å². The van der Waals surface area contributed by atoms with Crippen LogP contribution in [0, 0.1) is 0 Å². The van der Waals surface area contributed by atoms with Crippen LogP contribution in [0.5, 0.6) is 5.75 Å². The molecule has 0 aromatic heterocycles. The average Bonchev–Trinajstić information content (AvgIpc) is 2.95. The monoisotopic (exact) mass is 335 g/mol. The molecule has 134 valence electrons. The number of hydrogen-bond acceptors (Lipinski definition) is 5. The molecule has 2 rings (SSSR count). The molecule has 1 amide bonds. The molecule has 0 aliphatic carbocycles. The van der Waals surface area contributed by atoms with Crippen LogP contribution in [0.1, 0.15) is 38.8 Å². The number of nitrogens with zero attached hydrogens (tertiary/aromatic N) is 1. The minimum atomic E-state index is -0.481. The molecule has 0 bridgehead atoms. The fourth-order valence-corrected chi connectivity index (χ4v) is 2.98. The van der Waals surface area contributed by atoms with E-state index in [1.54, 1.807) is 7.11 Å². The first-order valence-electron chi connectivity index (χ1n) is 8.40. The third kappa shape index (κ3) is 5.11. The van der Waals surface area contributed by atoms with Gasteiger partial charge in [-0.05, 0) is 44.9 Å². The van der Waals surface area contributed by atoms with E-state index in [9.17, 15) is 4.79 Å². The van der Waals surface area contributed by atoms with E-state index in [2.05, 4.69) is 10.2 Å². The number of carbonyl (C=O) groups is 1. The van der Waals surface area contributed by atoms with E-state index < -0.39 is 5.60 Å². The number of amides is 1. The molecule has 0 unspecified atom stereocenters. The minimum absolute atomic E-state index is 0.0900. The summed E-state index contributed by atoms with van der Waals surface area (Å²) in [5.41, 5.74) is 6.68. The molecule has 1 aromatic carbocycles. The van der Waals surface area contributed by atoms with E-state index >= 15 is 0 Å². The highest BCUT2D eigenvalue weighted by Gasteiger charge is 2.30. The molecular formula is C18H29N3O3. The van der Waals surface area contributed by atoms with E-state index in [0.717, 1.165) is 30.8 Å². The number of ether oxygens (including phenoxy) is 2. The van der Waals surface area contributed by atoms with E-state index in [0.29, 0.717) is 6.54 Å². The fraction of sp³-hybridized carbons (Fsp3) is 0.611. The molecule has 6 nitrogen and oxygen atoms in total. The highest BCUT2D eigenvalue weighted by Crippen LogP contribution is 2.26. The molecule has 6 heteroatoms. The maximum absolute atomic E-state index is 11.9. The Labute approximate surface area is 144 Å². The van der Waals surface area contributed by atoms with Gasteiger partial charge < -0.3 is 20.5 Å². The predicted octanol–water partition coefficient (Wildman–Crippen LogP) is 2.29. The van der Waals surface area contributed by atoms with Crippen LogP contribution in [0.4, 0.5) is 4.79 Å². The second-order valence-corrected chi connectivity index (χ2v) is 7.15. The third-order valence-electron chi connectivity index (χ3n) is 4.11. The average molecular weight is 335 g/mol. The van der Waals surface area contributed by atoms with Crippen molar-refractivity contribution < 1.29 is 14.3 Å². The summed E-state index contributed by atoms with van der Waals surface area (Å²) in [5, 5.41) is 2.95. The predicted molar refractivity (Wildman–Crippen MR) is 94.1 cm³/mol. The second-order valence-electron chi connectivity index (χ2n) is 7.15. The summed E-state index contributed by atoms with van der Waals surface area (Å²) in [6, 6.07) is 8.22. The molecule has 1 fully saturated rings. The number of hydrogen-bond donors (Lipinski definition) is 2. The van der Waals surface area contributed by atoms with Gasteiger partial charge in [-0.2, -0.15) is 0 Å². The van der Waals surface area contributed by atoms with Crippen LogP contribution in [-0.2, 0) is 4.74 Å². The quantitative estimate of drug-likeness (QED) is 0.863. The molecule has 2 atom stereocenters. The van der Waals surface area contributed by atoms with Gasteiger partial charge in [0.1, 0.15) is 11.4 Å². The van der Waals surface area contributed by atoms with Crippen molar-refractivity contribution in [3.63, 3.8) is 0 Å². The van der Waals surface area contributed by atoms with Gasteiger partial charge in [-0.25, -0.2) is 4.79 Å². The van der Waals surface area contributed by atoms with E-state index in [1.807, 2.05) is 45.0 Å². The Bertz CT molecular complexity index is 539. The molecule has 0 saturated carbocycles. The van der Waals surface area contributed by atoms with Crippen molar-refractivity contribution in [2.24, 2.45) is 5.73 Å². The highest BCUT2D eigenvalue weighted by atomic mass is 16.6. The molecule has 0 spiro atoms. The Morgan fingerprint density at radius 2 is 2.04 bits per heavy atom. The standard InChI is InChI=1S/C18H29N3O3/c1-18(2,3)24-17(22)20-14-9-10-21(12-14)16(11-19)13-5-7-15(23-4)8-6-13/h5-8,14,16H,9-12,19H2,1-4H3,(H,20,22)/t14-,16+/m0/s1. The summed E-state index contributed by atoms with van der Waals surface area (Å²) >= 11 is 0. The van der Waals surface area contributed by atoms with Gasteiger partial charge in [-0.15, -0.1) is 0 Å². The number of benzene rings is 1. The lowest BCUT2D eigenvalue weighted by molar-refractivity contribution is 0.0504. The lowest BCUT2D eigenvalue weighted by atomic mass is 10.1.